The van der Waals surface area contributed by atoms with Crippen molar-refractivity contribution in [2.24, 2.45) is 0 Å². The fourth-order valence-corrected chi connectivity index (χ4v) is 3.52. The minimum atomic E-state index is -0.419. The van der Waals surface area contributed by atoms with Crippen LogP contribution in [0.4, 0.5) is 4.79 Å². The summed E-state index contributed by atoms with van der Waals surface area (Å²) in [4.78, 5) is 16.7. The van der Waals surface area contributed by atoms with Gasteiger partial charge in [-0.25, -0.2) is 4.79 Å². The zero-order valence-corrected chi connectivity index (χ0v) is 13.8. The summed E-state index contributed by atoms with van der Waals surface area (Å²) >= 11 is 0. The molecule has 0 saturated carbocycles. The van der Waals surface area contributed by atoms with Crippen LogP contribution in [0, 0.1) is 0 Å². The normalized spacial score (nSPS) is 25.3. The van der Waals surface area contributed by atoms with Gasteiger partial charge in [-0.3, -0.25) is 4.90 Å². The van der Waals surface area contributed by atoms with Crippen LogP contribution in [0.1, 0.15) is 39.2 Å². The number of fused-ring (bicyclic) bond motifs is 2. The third kappa shape index (κ3) is 3.43. The van der Waals surface area contributed by atoms with Crippen molar-refractivity contribution >= 4 is 6.09 Å². The first-order valence-corrected chi connectivity index (χ1v) is 8.20. The molecular formula is C18H26N2O2. The van der Waals surface area contributed by atoms with Crippen LogP contribution in [0.15, 0.2) is 30.3 Å². The molecule has 4 heteroatoms. The molecule has 2 saturated heterocycles. The molecule has 0 spiro atoms. The largest absolute Gasteiger partial charge is 0.444 e. The summed E-state index contributed by atoms with van der Waals surface area (Å²) in [6, 6.07) is 11.5. The van der Waals surface area contributed by atoms with Crippen molar-refractivity contribution in [1.82, 2.24) is 9.80 Å². The molecule has 0 N–H and O–H groups in total. The van der Waals surface area contributed by atoms with Crippen LogP contribution in [0.5, 0.6) is 0 Å². The van der Waals surface area contributed by atoms with E-state index in [0.29, 0.717) is 12.1 Å². The van der Waals surface area contributed by atoms with Gasteiger partial charge in [-0.1, -0.05) is 30.3 Å². The molecule has 1 aromatic carbocycles. The van der Waals surface area contributed by atoms with Gasteiger partial charge in [0.05, 0.1) is 0 Å². The molecule has 2 aliphatic rings. The van der Waals surface area contributed by atoms with Gasteiger partial charge in [-0.15, -0.1) is 0 Å². The third-order valence-corrected chi connectivity index (χ3v) is 4.49. The van der Waals surface area contributed by atoms with Gasteiger partial charge < -0.3 is 9.64 Å². The Bertz CT molecular complexity index is 510. The molecule has 1 amide bonds. The van der Waals surface area contributed by atoms with Gasteiger partial charge in [-0.2, -0.15) is 0 Å². The van der Waals surface area contributed by atoms with Gasteiger partial charge in [0.2, 0.25) is 0 Å². The molecule has 120 valence electrons. The van der Waals surface area contributed by atoms with E-state index < -0.39 is 5.60 Å². The number of amides is 1. The van der Waals surface area contributed by atoms with Crippen molar-refractivity contribution in [1.29, 1.82) is 0 Å². The summed E-state index contributed by atoms with van der Waals surface area (Å²) in [5, 5.41) is 0. The Balaban J connectivity index is 1.63. The Labute approximate surface area is 133 Å². The van der Waals surface area contributed by atoms with E-state index in [1.807, 2.05) is 25.7 Å². The fourth-order valence-electron chi connectivity index (χ4n) is 3.52. The van der Waals surface area contributed by atoms with Crippen molar-refractivity contribution in [2.75, 3.05) is 13.1 Å². The van der Waals surface area contributed by atoms with Crippen LogP contribution in [-0.4, -0.2) is 46.7 Å². The molecule has 0 radical (unpaired) electrons. The van der Waals surface area contributed by atoms with E-state index in [-0.39, 0.29) is 6.09 Å². The summed E-state index contributed by atoms with van der Waals surface area (Å²) in [6.07, 6.45) is 2.19. The number of benzene rings is 1. The molecule has 0 aromatic heterocycles. The predicted octanol–water partition coefficient (Wildman–Crippen LogP) is 3.27. The topological polar surface area (TPSA) is 32.8 Å². The highest BCUT2D eigenvalue weighted by Crippen LogP contribution is 2.32. The number of hydrogen-bond acceptors (Lipinski definition) is 3. The predicted molar refractivity (Wildman–Crippen MR) is 86.6 cm³/mol. The third-order valence-electron chi connectivity index (χ3n) is 4.49. The number of rotatable bonds is 2. The van der Waals surface area contributed by atoms with Crippen molar-refractivity contribution in [2.45, 2.75) is 57.8 Å². The van der Waals surface area contributed by atoms with E-state index in [0.717, 1.165) is 19.6 Å². The second-order valence-corrected chi connectivity index (χ2v) is 7.43. The summed E-state index contributed by atoms with van der Waals surface area (Å²) in [7, 11) is 0. The van der Waals surface area contributed by atoms with E-state index in [9.17, 15) is 4.79 Å². The van der Waals surface area contributed by atoms with E-state index in [4.69, 9.17) is 4.74 Å². The number of carbonyl (C=O) groups is 1. The molecule has 1 unspecified atom stereocenters. The Morgan fingerprint density at radius 2 is 1.73 bits per heavy atom. The second-order valence-electron chi connectivity index (χ2n) is 7.43. The first kappa shape index (κ1) is 15.3. The van der Waals surface area contributed by atoms with Crippen LogP contribution in [0.2, 0.25) is 0 Å². The van der Waals surface area contributed by atoms with E-state index >= 15 is 0 Å². The maximum atomic E-state index is 12.3. The van der Waals surface area contributed by atoms with Gasteiger partial charge in [0, 0.05) is 31.7 Å². The molecule has 2 aliphatic heterocycles. The average molecular weight is 302 g/mol. The number of carbonyl (C=O) groups excluding carboxylic acids is 1. The Morgan fingerprint density at radius 3 is 2.27 bits per heavy atom. The van der Waals surface area contributed by atoms with Gasteiger partial charge in [-0.05, 0) is 39.2 Å². The average Bonchev–Trinajstić information content (AvgIpc) is 2.69. The number of hydrogen-bond donors (Lipinski definition) is 0. The first-order chi connectivity index (χ1) is 10.4. The molecule has 3 rings (SSSR count). The van der Waals surface area contributed by atoms with E-state index in [2.05, 4.69) is 35.2 Å². The van der Waals surface area contributed by atoms with Crippen molar-refractivity contribution in [3.8, 4) is 0 Å². The van der Waals surface area contributed by atoms with Gasteiger partial charge in [0.15, 0.2) is 0 Å². The zero-order valence-electron chi connectivity index (χ0n) is 13.8. The molecule has 2 bridgehead atoms. The summed E-state index contributed by atoms with van der Waals surface area (Å²) < 4.78 is 5.52. The number of piperazine rings is 1. The molecule has 2 fully saturated rings. The summed E-state index contributed by atoms with van der Waals surface area (Å²) in [5.74, 6) is 0. The lowest BCUT2D eigenvalue weighted by molar-refractivity contribution is -0.000115. The maximum absolute atomic E-state index is 12.3. The molecule has 4 nitrogen and oxygen atoms in total. The van der Waals surface area contributed by atoms with E-state index in [1.165, 1.54) is 18.4 Å². The summed E-state index contributed by atoms with van der Waals surface area (Å²) in [6.45, 7) is 8.33. The number of ether oxygens (including phenoxy) is 1. The fraction of sp³-hybridized carbons (Fsp3) is 0.611. The van der Waals surface area contributed by atoms with Crippen LogP contribution >= 0.6 is 0 Å². The lowest BCUT2D eigenvalue weighted by atomic mass is 10.1. The minimum absolute atomic E-state index is 0.163. The number of nitrogens with zero attached hydrogens (tertiary/aromatic N) is 2. The first-order valence-electron chi connectivity index (χ1n) is 8.20. The standard InChI is InChI=1S/C18H26N2O2/c1-18(2,3)22-17(21)19-12-15-9-10-16(13-19)20(15)11-14-7-5-4-6-8-14/h4-8,15-16H,9-13H2,1-3H3/t15-,16?/m0/s1. The quantitative estimate of drug-likeness (QED) is 0.840. The highest BCUT2D eigenvalue weighted by Gasteiger charge is 2.42. The Kier molecular flexibility index (Phi) is 4.13. The van der Waals surface area contributed by atoms with Crippen LogP contribution in [0.3, 0.4) is 0 Å². The van der Waals surface area contributed by atoms with Gasteiger partial charge in [0.25, 0.3) is 0 Å². The molecular weight excluding hydrogens is 276 g/mol. The molecule has 22 heavy (non-hydrogen) atoms. The lowest BCUT2D eigenvalue weighted by Crippen LogP contribution is -2.55. The maximum Gasteiger partial charge on any atom is 0.410 e. The van der Waals surface area contributed by atoms with E-state index in [1.54, 1.807) is 0 Å². The Morgan fingerprint density at radius 1 is 1.14 bits per heavy atom. The smallest absolute Gasteiger partial charge is 0.410 e. The summed E-state index contributed by atoms with van der Waals surface area (Å²) in [5.41, 5.74) is 0.933. The van der Waals surface area contributed by atoms with Gasteiger partial charge in [0.1, 0.15) is 5.60 Å². The Hall–Kier alpha value is -1.55. The molecule has 2 atom stereocenters. The second kappa shape index (κ2) is 5.92. The van der Waals surface area contributed by atoms with Crippen LogP contribution in [-0.2, 0) is 11.3 Å². The van der Waals surface area contributed by atoms with Gasteiger partial charge >= 0.3 is 6.09 Å². The highest BCUT2D eigenvalue weighted by molar-refractivity contribution is 5.68. The highest BCUT2D eigenvalue weighted by atomic mass is 16.6. The molecule has 0 aliphatic carbocycles. The SMILES string of the molecule is CC(C)(C)OC(=O)N1CC2CC[C@@H](C1)N2Cc1ccccc1. The molecule has 2 heterocycles. The zero-order chi connectivity index (χ0) is 15.7. The van der Waals surface area contributed by atoms with Crippen molar-refractivity contribution in [3.05, 3.63) is 35.9 Å². The lowest BCUT2D eigenvalue weighted by Gasteiger charge is -2.41. The monoisotopic (exact) mass is 302 g/mol. The van der Waals surface area contributed by atoms with Crippen molar-refractivity contribution in [3.63, 3.8) is 0 Å². The number of likely N-dealkylation sites (tertiary alicyclic amines) is 1. The minimum Gasteiger partial charge on any atom is -0.444 e. The van der Waals surface area contributed by atoms with Crippen LogP contribution in [0.25, 0.3) is 0 Å². The van der Waals surface area contributed by atoms with Crippen molar-refractivity contribution < 1.29 is 9.53 Å². The van der Waals surface area contributed by atoms with Crippen LogP contribution < -0.4 is 0 Å². The molecule has 1 aromatic rings.